The average Bonchev–Trinajstić information content (AvgIpc) is 2.54. The van der Waals surface area contributed by atoms with Crippen molar-refractivity contribution in [2.45, 2.75) is 12.8 Å². The van der Waals surface area contributed by atoms with E-state index in [1.165, 1.54) is 0 Å². The van der Waals surface area contributed by atoms with Crippen LogP contribution in [0.25, 0.3) is 0 Å². The van der Waals surface area contributed by atoms with Crippen molar-refractivity contribution >= 4 is 11.6 Å². The second-order valence-electron chi connectivity index (χ2n) is 4.59. The van der Waals surface area contributed by atoms with E-state index in [9.17, 15) is 4.79 Å². The van der Waals surface area contributed by atoms with Gasteiger partial charge in [-0.05, 0) is 48.4 Å². The lowest BCUT2D eigenvalue weighted by Crippen LogP contribution is -2.12. The summed E-state index contributed by atoms with van der Waals surface area (Å²) < 4.78 is 5.06. The maximum absolute atomic E-state index is 11.9. The third-order valence-electron chi connectivity index (χ3n) is 3.10. The molecule has 0 saturated carbocycles. The summed E-state index contributed by atoms with van der Waals surface area (Å²) >= 11 is 0. The van der Waals surface area contributed by atoms with Crippen LogP contribution >= 0.6 is 0 Å². The fraction of sp³-hybridized carbons (Fsp3) is 0.176. The fourth-order valence-corrected chi connectivity index (χ4v) is 1.90. The Labute approximate surface area is 124 Å². The van der Waals surface area contributed by atoms with Gasteiger partial charge in [-0.3, -0.25) is 4.79 Å². The van der Waals surface area contributed by atoms with E-state index < -0.39 is 0 Å². The molecule has 0 bridgehead atoms. The van der Waals surface area contributed by atoms with E-state index in [1.54, 1.807) is 43.5 Å². The van der Waals surface area contributed by atoms with E-state index in [4.69, 9.17) is 10.00 Å². The third-order valence-corrected chi connectivity index (χ3v) is 3.10. The van der Waals surface area contributed by atoms with Crippen LogP contribution in [0, 0.1) is 11.3 Å². The molecule has 0 atom stereocenters. The lowest BCUT2D eigenvalue weighted by atomic mass is 10.1. The molecule has 1 amide bonds. The van der Waals surface area contributed by atoms with E-state index in [0.717, 1.165) is 17.0 Å². The molecule has 0 radical (unpaired) electrons. The molecule has 21 heavy (non-hydrogen) atoms. The molecule has 2 aromatic rings. The van der Waals surface area contributed by atoms with Crippen LogP contribution in [0.2, 0.25) is 0 Å². The van der Waals surface area contributed by atoms with Gasteiger partial charge < -0.3 is 10.1 Å². The molecule has 0 aliphatic rings. The number of methoxy groups -OCH3 is 1. The van der Waals surface area contributed by atoms with Crippen molar-refractivity contribution in [3.05, 3.63) is 59.7 Å². The van der Waals surface area contributed by atoms with Gasteiger partial charge in [0.15, 0.2) is 0 Å². The van der Waals surface area contributed by atoms with Gasteiger partial charge in [0.05, 0.1) is 18.7 Å². The Hall–Kier alpha value is -2.80. The minimum absolute atomic E-state index is 0.0375. The summed E-state index contributed by atoms with van der Waals surface area (Å²) in [5, 5.41) is 11.6. The second-order valence-corrected chi connectivity index (χ2v) is 4.59. The molecule has 106 valence electrons. The summed E-state index contributed by atoms with van der Waals surface area (Å²) in [5.74, 6) is 0.718. The molecular formula is C17H16N2O2. The lowest BCUT2D eigenvalue weighted by Gasteiger charge is -2.06. The maximum atomic E-state index is 11.9. The van der Waals surface area contributed by atoms with Gasteiger partial charge in [-0.2, -0.15) is 5.26 Å². The highest BCUT2D eigenvalue weighted by molar-refractivity contribution is 5.90. The topological polar surface area (TPSA) is 62.1 Å². The number of hydrogen-bond acceptors (Lipinski definition) is 3. The normalized spacial score (nSPS) is 9.71. The number of rotatable bonds is 5. The van der Waals surface area contributed by atoms with Crippen molar-refractivity contribution in [2.24, 2.45) is 0 Å². The second kappa shape index (κ2) is 7.11. The lowest BCUT2D eigenvalue weighted by molar-refractivity contribution is -0.116. The van der Waals surface area contributed by atoms with Gasteiger partial charge in [0, 0.05) is 12.1 Å². The Morgan fingerprint density at radius 1 is 1.14 bits per heavy atom. The standard InChI is InChI=1S/C17H16N2O2/c1-21-16-9-7-15(8-10-16)19-17(20)11-6-13-2-4-14(12-18)5-3-13/h2-5,7-10H,6,11H2,1H3,(H,19,20). The SMILES string of the molecule is COc1ccc(NC(=O)CCc2ccc(C#N)cc2)cc1. The third kappa shape index (κ3) is 4.36. The molecule has 2 aromatic carbocycles. The van der Waals surface area contributed by atoms with Crippen molar-refractivity contribution in [1.82, 2.24) is 0 Å². The minimum Gasteiger partial charge on any atom is -0.497 e. The Balaban J connectivity index is 1.84. The van der Waals surface area contributed by atoms with Gasteiger partial charge in [0.2, 0.25) is 5.91 Å². The zero-order chi connectivity index (χ0) is 15.1. The summed E-state index contributed by atoms with van der Waals surface area (Å²) in [5.41, 5.74) is 2.42. The smallest absolute Gasteiger partial charge is 0.224 e. The molecule has 0 unspecified atom stereocenters. The number of nitriles is 1. The molecule has 1 N–H and O–H groups in total. The summed E-state index contributed by atoms with van der Waals surface area (Å²) in [6, 6.07) is 16.6. The van der Waals surface area contributed by atoms with E-state index in [1.807, 2.05) is 12.1 Å². The van der Waals surface area contributed by atoms with Gasteiger partial charge in [-0.1, -0.05) is 12.1 Å². The van der Waals surface area contributed by atoms with E-state index in [0.29, 0.717) is 18.4 Å². The average molecular weight is 280 g/mol. The first-order valence-corrected chi connectivity index (χ1v) is 6.64. The number of aryl methyl sites for hydroxylation is 1. The highest BCUT2D eigenvalue weighted by atomic mass is 16.5. The number of nitrogens with zero attached hydrogens (tertiary/aromatic N) is 1. The highest BCUT2D eigenvalue weighted by Crippen LogP contribution is 2.15. The quantitative estimate of drug-likeness (QED) is 0.915. The Morgan fingerprint density at radius 2 is 1.81 bits per heavy atom. The molecule has 4 heteroatoms. The number of hydrogen-bond donors (Lipinski definition) is 1. The monoisotopic (exact) mass is 280 g/mol. The summed E-state index contributed by atoms with van der Waals surface area (Å²) in [6.45, 7) is 0. The van der Waals surface area contributed by atoms with Crippen LogP contribution in [-0.4, -0.2) is 13.0 Å². The number of amides is 1. The number of benzene rings is 2. The first-order chi connectivity index (χ1) is 10.2. The molecule has 0 saturated heterocycles. The van der Waals surface area contributed by atoms with Crippen LogP contribution in [0.1, 0.15) is 17.5 Å². The highest BCUT2D eigenvalue weighted by Gasteiger charge is 2.03. The number of carbonyl (C=O) groups excluding carboxylic acids is 1. The first kappa shape index (κ1) is 14.6. The number of nitrogens with one attached hydrogen (secondary N) is 1. The van der Waals surface area contributed by atoms with Crippen LogP contribution in [-0.2, 0) is 11.2 Å². The van der Waals surface area contributed by atoms with E-state index in [-0.39, 0.29) is 5.91 Å². The molecule has 4 nitrogen and oxygen atoms in total. The summed E-state index contributed by atoms with van der Waals surface area (Å²) in [6.07, 6.45) is 1.05. The Bertz CT molecular complexity index is 640. The fourth-order valence-electron chi connectivity index (χ4n) is 1.90. The molecule has 0 aliphatic heterocycles. The van der Waals surface area contributed by atoms with Gasteiger partial charge in [0.25, 0.3) is 0 Å². The van der Waals surface area contributed by atoms with Gasteiger partial charge in [-0.25, -0.2) is 0 Å². The molecule has 0 aliphatic carbocycles. The van der Waals surface area contributed by atoms with Gasteiger partial charge in [0.1, 0.15) is 5.75 Å². The van der Waals surface area contributed by atoms with Crippen molar-refractivity contribution in [3.63, 3.8) is 0 Å². The van der Waals surface area contributed by atoms with Crippen LogP contribution in [0.3, 0.4) is 0 Å². The van der Waals surface area contributed by atoms with Gasteiger partial charge >= 0.3 is 0 Å². The molecular weight excluding hydrogens is 264 g/mol. The Kier molecular flexibility index (Phi) is 4.94. The number of carbonyl (C=O) groups is 1. The molecule has 0 spiro atoms. The van der Waals surface area contributed by atoms with Crippen molar-refractivity contribution in [2.75, 3.05) is 12.4 Å². The number of anilines is 1. The zero-order valence-electron chi connectivity index (χ0n) is 11.8. The predicted molar refractivity (Wildman–Crippen MR) is 81.1 cm³/mol. The number of ether oxygens (including phenoxy) is 1. The Morgan fingerprint density at radius 3 is 2.38 bits per heavy atom. The molecule has 0 fully saturated rings. The van der Waals surface area contributed by atoms with Crippen LogP contribution in [0.15, 0.2) is 48.5 Å². The predicted octanol–water partition coefficient (Wildman–Crippen LogP) is 3.14. The molecule has 2 rings (SSSR count). The molecule has 0 heterocycles. The van der Waals surface area contributed by atoms with E-state index >= 15 is 0 Å². The van der Waals surface area contributed by atoms with Crippen molar-refractivity contribution in [1.29, 1.82) is 5.26 Å². The van der Waals surface area contributed by atoms with Crippen molar-refractivity contribution < 1.29 is 9.53 Å². The maximum Gasteiger partial charge on any atom is 0.224 e. The van der Waals surface area contributed by atoms with Crippen LogP contribution < -0.4 is 10.1 Å². The van der Waals surface area contributed by atoms with Crippen LogP contribution in [0.4, 0.5) is 5.69 Å². The van der Waals surface area contributed by atoms with E-state index in [2.05, 4.69) is 11.4 Å². The molecule has 0 aromatic heterocycles. The van der Waals surface area contributed by atoms with Gasteiger partial charge in [-0.15, -0.1) is 0 Å². The summed E-state index contributed by atoms with van der Waals surface area (Å²) in [4.78, 5) is 11.9. The van der Waals surface area contributed by atoms with Crippen molar-refractivity contribution in [3.8, 4) is 11.8 Å². The first-order valence-electron chi connectivity index (χ1n) is 6.64. The van der Waals surface area contributed by atoms with Crippen LogP contribution in [0.5, 0.6) is 5.75 Å². The zero-order valence-corrected chi connectivity index (χ0v) is 11.8. The largest absolute Gasteiger partial charge is 0.497 e. The minimum atomic E-state index is -0.0375. The summed E-state index contributed by atoms with van der Waals surface area (Å²) in [7, 11) is 1.60.